The molecule has 0 aromatic heterocycles. The first-order chi connectivity index (χ1) is 11.0. The van der Waals surface area contributed by atoms with E-state index in [0.29, 0.717) is 24.3 Å². The maximum Gasteiger partial charge on any atom is 0.230 e. The minimum atomic E-state index is 0. The molecule has 25 heavy (non-hydrogen) atoms. The Bertz CT molecular complexity index is 617. The van der Waals surface area contributed by atoms with Crippen LogP contribution in [0.2, 0.25) is 0 Å². The SMILES string of the molecule is Cl.Cl.N=C(N)Cc1ccc(OCOc2ccc(CC(=N)N)cc2)cc1. The van der Waals surface area contributed by atoms with Crippen LogP contribution in [0.25, 0.3) is 0 Å². The first-order valence-electron chi connectivity index (χ1n) is 7.12. The summed E-state index contributed by atoms with van der Waals surface area (Å²) in [6, 6.07) is 14.7. The third kappa shape index (κ3) is 8.28. The Morgan fingerprint density at radius 3 is 1.28 bits per heavy atom. The Kier molecular flexibility index (Phi) is 10.1. The lowest BCUT2D eigenvalue weighted by molar-refractivity contribution is 0.120. The predicted molar refractivity (Wildman–Crippen MR) is 105 cm³/mol. The van der Waals surface area contributed by atoms with Crippen LogP contribution in [0.4, 0.5) is 0 Å². The fourth-order valence-corrected chi connectivity index (χ4v) is 2.01. The van der Waals surface area contributed by atoms with Crippen molar-refractivity contribution in [2.75, 3.05) is 6.79 Å². The van der Waals surface area contributed by atoms with Crippen molar-refractivity contribution >= 4 is 36.5 Å². The van der Waals surface area contributed by atoms with Gasteiger partial charge in [0.15, 0.2) is 0 Å². The second-order valence-electron chi connectivity index (χ2n) is 5.10. The molecule has 0 aliphatic heterocycles. The van der Waals surface area contributed by atoms with E-state index in [0.717, 1.165) is 11.1 Å². The van der Waals surface area contributed by atoms with Crippen LogP contribution < -0.4 is 20.9 Å². The molecular weight excluding hydrogens is 363 g/mol. The van der Waals surface area contributed by atoms with E-state index in [9.17, 15) is 0 Å². The molecule has 0 aliphatic carbocycles. The number of hydrogen-bond donors (Lipinski definition) is 4. The smallest absolute Gasteiger partial charge is 0.230 e. The lowest BCUT2D eigenvalue weighted by Crippen LogP contribution is -2.12. The molecular formula is C17H22Cl2N4O2. The standard InChI is InChI=1S/C17H20N4O2.2ClH/c18-16(19)9-12-1-5-14(6-2-12)22-11-23-15-7-3-13(4-8-15)10-17(20)21;;/h1-8H,9-11H2,(H3,18,19)(H3,20,21);2*1H. The van der Waals surface area contributed by atoms with E-state index in [4.69, 9.17) is 31.8 Å². The van der Waals surface area contributed by atoms with Crippen molar-refractivity contribution in [2.45, 2.75) is 12.8 Å². The number of nitrogens with one attached hydrogen (secondary N) is 2. The van der Waals surface area contributed by atoms with Gasteiger partial charge < -0.3 is 20.9 Å². The first kappa shape index (κ1) is 22.6. The topological polar surface area (TPSA) is 118 Å². The summed E-state index contributed by atoms with van der Waals surface area (Å²) in [5.41, 5.74) is 12.6. The Morgan fingerprint density at radius 1 is 0.680 bits per heavy atom. The second-order valence-corrected chi connectivity index (χ2v) is 5.10. The average Bonchev–Trinajstić information content (AvgIpc) is 2.50. The van der Waals surface area contributed by atoms with Gasteiger partial charge in [0.2, 0.25) is 6.79 Å². The minimum absolute atomic E-state index is 0. The molecule has 0 fully saturated rings. The van der Waals surface area contributed by atoms with Crippen molar-refractivity contribution in [2.24, 2.45) is 11.5 Å². The van der Waals surface area contributed by atoms with E-state index < -0.39 is 0 Å². The Hall–Kier alpha value is -2.44. The molecule has 0 aliphatic rings. The highest BCUT2D eigenvalue weighted by molar-refractivity contribution is 5.85. The molecule has 6 N–H and O–H groups in total. The van der Waals surface area contributed by atoms with Gasteiger partial charge in [-0.05, 0) is 35.4 Å². The lowest BCUT2D eigenvalue weighted by atomic mass is 10.1. The fourth-order valence-electron chi connectivity index (χ4n) is 2.01. The zero-order valence-corrected chi connectivity index (χ0v) is 15.2. The van der Waals surface area contributed by atoms with Crippen LogP contribution in [-0.4, -0.2) is 18.5 Å². The van der Waals surface area contributed by atoms with Crippen LogP contribution in [0.3, 0.4) is 0 Å². The van der Waals surface area contributed by atoms with Gasteiger partial charge in [0.25, 0.3) is 0 Å². The van der Waals surface area contributed by atoms with Gasteiger partial charge in [-0.2, -0.15) is 0 Å². The van der Waals surface area contributed by atoms with Gasteiger partial charge in [-0.25, -0.2) is 0 Å². The normalized spacial score (nSPS) is 9.28. The molecule has 2 aromatic carbocycles. The second kappa shape index (κ2) is 11.2. The van der Waals surface area contributed by atoms with Crippen LogP contribution >= 0.6 is 24.8 Å². The van der Waals surface area contributed by atoms with Crippen LogP contribution in [0.1, 0.15) is 11.1 Å². The number of rotatable bonds is 8. The highest BCUT2D eigenvalue weighted by Crippen LogP contribution is 2.15. The summed E-state index contributed by atoms with van der Waals surface area (Å²) < 4.78 is 11.0. The summed E-state index contributed by atoms with van der Waals surface area (Å²) in [5.74, 6) is 1.64. The van der Waals surface area contributed by atoms with Crippen molar-refractivity contribution in [1.29, 1.82) is 10.8 Å². The van der Waals surface area contributed by atoms with Gasteiger partial charge in [-0.1, -0.05) is 24.3 Å². The zero-order chi connectivity index (χ0) is 16.7. The average molecular weight is 385 g/mol. The highest BCUT2D eigenvalue weighted by atomic mass is 35.5. The molecule has 0 saturated heterocycles. The summed E-state index contributed by atoms with van der Waals surface area (Å²) in [6.07, 6.45) is 0.868. The predicted octanol–water partition coefficient (Wildman–Crippen LogP) is 2.90. The molecule has 0 bridgehead atoms. The van der Waals surface area contributed by atoms with Gasteiger partial charge >= 0.3 is 0 Å². The van der Waals surface area contributed by atoms with Crippen molar-refractivity contribution in [1.82, 2.24) is 0 Å². The summed E-state index contributed by atoms with van der Waals surface area (Å²) >= 11 is 0. The fraction of sp³-hybridized carbons (Fsp3) is 0.176. The van der Waals surface area contributed by atoms with E-state index in [-0.39, 0.29) is 43.3 Å². The first-order valence-corrected chi connectivity index (χ1v) is 7.12. The molecule has 2 rings (SSSR count). The monoisotopic (exact) mass is 384 g/mol. The van der Waals surface area contributed by atoms with Crippen molar-refractivity contribution in [3.05, 3.63) is 59.7 Å². The van der Waals surface area contributed by atoms with Gasteiger partial charge in [0.05, 0.1) is 11.7 Å². The number of nitrogens with two attached hydrogens (primary N) is 2. The van der Waals surface area contributed by atoms with E-state index in [1.807, 2.05) is 48.5 Å². The molecule has 2 aromatic rings. The van der Waals surface area contributed by atoms with Gasteiger partial charge in [0, 0.05) is 12.8 Å². The van der Waals surface area contributed by atoms with Crippen LogP contribution in [0.15, 0.2) is 48.5 Å². The number of halogens is 2. The van der Waals surface area contributed by atoms with Gasteiger partial charge in [-0.3, -0.25) is 10.8 Å². The quantitative estimate of drug-likeness (QED) is 0.317. The maximum atomic E-state index is 7.25. The molecule has 0 atom stereocenters. The molecule has 0 heterocycles. The molecule has 8 heteroatoms. The van der Waals surface area contributed by atoms with Crippen molar-refractivity contribution in [3.8, 4) is 11.5 Å². The zero-order valence-electron chi connectivity index (χ0n) is 13.5. The summed E-state index contributed by atoms with van der Waals surface area (Å²) in [6.45, 7) is 0.0953. The van der Waals surface area contributed by atoms with Crippen LogP contribution in [0, 0.1) is 10.8 Å². The Morgan fingerprint density at radius 2 is 1.00 bits per heavy atom. The Balaban J connectivity index is 0.00000288. The molecule has 136 valence electrons. The van der Waals surface area contributed by atoms with Crippen molar-refractivity contribution in [3.63, 3.8) is 0 Å². The minimum Gasteiger partial charge on any atom is -0.458 e. The summed E-state index contributed by atoms with van der Waals surface area (Å²) in [7, 11) is 0. The van der Waals surface area contributed by atoms with E-state index in [1.54, 1.807) is 0 Å². The summed E-state index contributed by atoms with van der Waals surface area (Å²) in [4.78, 5) is 0. The molecule has 0 saturated carbocycles. The van der Waals surface area contributed by atoms with E-state index in [1.165, 1.54) is 0 Å². The van der Waals surface area contributed by atoms with E-state index in [2.05, 4.69) is 0 Å². The van der Waals surface area contributed by atoms with E-state index >= 15 is 0 Å². The number of hydrogen-bond acceptors (Lipinski definition) is 4. The largest absolute Gasteiger partial charge is 0.458 e. The van der Waals surface area contributed by atoms with Gasteiger partial charge in [0.1, 0.15) is 11.5 Å². The third-order valence-electron chi connectivity index (χ3n) is 3.09. The third-order valence-corrected chi connectivity index (χ3v) is 3.09. The maximum absolute atomic E-state index is 7.25. The molecule has 6 nitrogen and oxygen atoms in total. The Labute approximate surface area is 159 Å². The van der Waals surface area contributed by atoms with Gasteiger partial charge in [-0.15, -0.1) is 24.8 Å². The molecule has 0 amide bonds. The number of ether oxygens (including phenoxy) is 2. The number of amidine groups is 2. The lowest BCUT2D eigenvalue weighted by Gasteiger charge is -2.09. The van der Waals surface area contributed by atoms with Crippen molar-refractivity contribution < 1.29 is 9.47 Å². The van der Waals surface area contributed by atoms with Crippen LogP contribution in [-0.2, 0) is 12.8 Å². The molecule has 0 unspecified atom stereocenters. The number of benzene rings is 2. The molecule has 0 spiro atoms. The highest BCUT2D eigenvalue weighted by Gasteiger charge is 2.00. The summed E-state index contributed by atoms with van der Waals surface area (Å²) in [5, 5.41) is 14.5. The van der Waals surface area contributed by atoms with Crippen LogP contribution in [0.5, 0.6) is 11.5 Å². The molecule has 0 radical (unpaired) electrons.